The third-order valence-electron chi connectivity index (χ3n) is 5.05. The minimum Gasteiger partial charge on any atom is -0.337 e. The van der Waals surface area contributed by atoms with Crippen molar-refractivity contribution in [2.75, 3.05) is 26.2 Å². The smallest absolute Gasteiger partial charge is 0.246 e. The number of carbonyl (C=O) groups is 1. The lowest BCUT2D eigenvalue weighted by Gasteiger charge is -2.33. The summed E-state index contributed by atoms with van der Waals surface area (Å²) >= 11 is 0. The van der Waals surface area contributed by atoms with Crippen LogP contribution in [0.15, 0.2) is 78.0 Å². The molecule has 1 aliphatic rings. The minimum absolute atomic E-state index is 0.113. The van der Waals surface area contributed by atoms with Crippen molar-refractivity contribution in [2.24, 2.45) is 0 Å². The number of halogens is 1. The molecule has 31 heavy (non-hydrogen) atoms. The molecular weight excluding hydrogens is 419 g/mol. The van der Waals surface area contributed by atoms with Crippen LogP contribution >= 0.6 is 0 Å². The van der Waals surface area contributed by atoms with Crippen LogP contribution in [-0.2, 0) is 14.8 Å². The predicted octanol–water partition coefficient (Wildman–Crippen LogP) is 2.56. The van der Waals surface area contributed by atoms with Gasteiger partial charge in [-0.3, -0.25) is 4.79 Å². The topological polar surface area (TPSA) is 75.5 Å². The Balaban J connectivity index is 1.37. The average molecular weight is 441 g/mol. The highest BCUT2D eigenvalue weighted by Crippen LogP contribution is 2.20. The van der Waals surface area contributed by atoms with Crippen LogP contribution in [0.4, 0.5) is 4.39 Å². The largest absolute Gasteiger partial charge is 0.337 e. The number of piperazine rings is 1. The van der Waals surface area contributed by atoms with E-state index in [1.54, 1.807) is 21.9 Å². The second-order valence-corrected chi connectivity index (χ2v) is 8.95. The second-order valence-electron chi connectivity index (χ2n) is 7.05. The fraction of sp³-hybridized carbons (Fsp3) is 0.182. The van der Waals surface area contributed by atoms with Gasteiger partial charge < -0.3 is 4.90 Å². The molecule has 0 aliphatic carbocycles. The molecule has 0 bridgehead atoms. The van der Waals surface area contributed by atoms with Crippen molar-refractivity contribution in [3.05, 3.63) is 84.4 Å². The molecule has 1 amide bonds. The first-order chi connectivity index (χ1) is 14.9. The van der Waals surface area contributed by atoms with E-state index in [9.17, 15) is 17.6 Å². The van der Waals surface area contributed by atoms with Crippen molar-refractivity contribution < 1.29 is 17.6 Å². The van der Waals surface area contributed by atoms with E-state index in [0.29, 0.717) is 0 Å². The molecule has 0 spiro atoms. The number of hydrogen-bond donors (Lipinski definition) is 0. The van der Waals surface area contributed by atoms with Gasteiger partial charge in [0.25, 0.3) is 0 Å². The number of para-hydroxylation sites is 1. The molecule has 1 aliphatic heterocycles. The predicted molar refractivity (Wildman–Crippen MR) is 114 cm³/mol. The summed E-state index contributed by atoms with van der Waals surface area (Å²) in [5, 5.41) is 4.29. The molecular formula is C22H21FN4O3S. The van der Waals surface area contributed by atoms with Crippen LogP contribution in [0.5, 0.6) is 0 Å². The first-order valence-electron chi connectivity index (χ1n) is 9.77. The summed E-state index contributed by atoms with van der Waals surface area (Å²) in [5.74, 6) is -0.990. The number of carbonyl (C=O) groups excluding carboxylic acids is 1. The molecule has 0 radical (unpaired) electrons. The molecule has 4 rings (SSSR count). The van der Waals surface area contributed by atoms with E-state index in [1.165, 1.54) is 28.6 Å². The van der Waals surface area contributed by atoms with Gasteiger partial charge in [-0.15, -0.1) is 0 Å². The van der Waals surface area contributed by atoms with Crippen molar-refractivity contribution in [1.82, 2.24) is 19.0 Å². The fourth-order valence-corrected chi connectivity index (χ4v) is 4.85. The first-order valence-corrected chi connectivity index (χ1v) is 11.2. The Labute approximate surface area is 180 Å². The zero-order chi connectivity index (χ0) is 21.8. The highest BCUT2D eigenvalue weighted by atomic mass is 32.2. The van der Waals surface area contributed by atoms with Gasteiger partial charge in [0.2, 0.25) is 15.9 Å². The Morgan fingerprint density at radius 3 is 2.35 bits per heavy atom. The van der Waals surface area contributed by atoms with Crippen molar-refractivity contribution in [1.29, 1.82) is 0 Å². The van der Waals surface area contributed by atoms with E-state index in [0.717, 1.165) is 17.3 Å². The third kappa shape index (κ3) is 4.57. The van der Waals surface area contributed by atoms with Gasteiger partial charge in [0, 0.05) is 44.0 Å². The van der Waals surface area contributed by atoms with Gasteiger partial charge in [0.1, 0.15) is 10.7 Å². The summed E-state index contributed by atoms with van der Waals surface area (Å²) in [6, 6.07) is 14.9. The van der Waals surface area contributed by atoms with Crippen molar-refractivity contribution in [3.63, 3.8) is 0 Å². The van der Waals surface area contributed by atoms with Crippen molar-refractivity contribution >= 4 is 22.0 Å². The highest BCUT2D eigenvalue weighted by Gasteiger charge is 2.31. The van der Waals surface area contributed by atoms with Gasteiger partial charge in [0.05, 0.1) is 11.9 Å². The van der Waals surface area contributed by atoms with Gasteiger partial charge in [-0.1, -0.05) is 30.3 Å². The minimum atomic E-state index is -3.93. The maximum absolute atomic E-state index is 13.9. The molecule has 1 aromatic heterocycles. The molecule has 2 heterocycles. The lowest BCUT2D eigenvalue weighted by Crippen LogP contribution is -2.50. The zero-order valence-electron chi connectivity index (χ0n) is 16.6. The molecule has 7 nitrogen and oxygen atoms in total. The van der Waals surface area contributed by atoms with Gasteiger partial charge in [0.15, 0.2) is 0 Å². The summed E-state index contributed by atoms with van der Waals surface area (Å²) < 4.78 is 42.2. The Morgan fingerprint density at radius 1 is 0.968 bits per heavy atom. The Hall–Kier alpha value is -3.30. The molecule has 2 aromatic carbocycles. The van der Waals surface area contributed by atoms with Crippen LogP contribution in [0.1, 0.15) is 5.56 Å². The molecule has 9 heteroatoms. The Morgan fingerprint density at radius 2 is 1.65 bits per heavy atom. The number of sulfonamides is 1. The van der Waals surface area contributed by atoms with Gasteiger partial charge in [-0.25, -0.2) is 17.5 Å². The summed E-state index contributed by atoms with van der Waals surface area (Å²) in [5.41, 5.74) is 1.69. The van der Waals surface area contributed by atoms with E-state index in [2.05, 4.69) is 5.10 Å². The van der Waals surface area contributed by atoms with E-state index in [1.807, 2.05) is 36.5 Å². The molecule has 0 saturated carbocycles. The van der Waals surface area contributed by atoms with E-state index in [-0.39, 0.29) is 37.0 Å². The number of rotatable bonds is 5. The fourth-order valence-electron chi connectivity index (χ4n) is 3.36. The van der Waals surface area contributed by atoms with Gasteiger partial charge >= 0.3 is 0 Å². The molecule has 0 unspecified atom stereocenters. The standard InChI is InChI=1S/C22H21FN4O3S/c23-20-8-4-5-9-21(20)31(29,30)26-14-12-25(13-15-26)22(28)11-10-18-16-24-27(17-18)19-6-2-1-3-7-19/h1-11,16-17H,12-15H2/b11-10+. The number of amides is 1. The first kappa shape index (κ1) is 21.0. The number of benzene rings is 2. The monoisotopic (exact) mass is 440 g/mol. The second kappa shape index (κ2) is 8.83. The molecule has 1 saturated heterocycles. The van der Waals surface area contributed by atoms with Crippen molar-refractivity contribution in [3.8, 4) is 5.69 Å². The number of hydrogen-bond acceptors (Lipinski definition) is 4. The van der Waals surface area contributed by atoms with Crippen LogP contribution in [0.3, 0.4) is 0 Å². The average Bonchev–Trinajstić information content (AvgIpc) is 3.27. The lowest BCUT2D eigenvalue weighted by atomic mass is 10.3. The highest BCUT2D eigenvalue weighted by molar-refractivity contribution is 7.89. The summed E-state index contributed by atoms with van der Waals surface area (Å²) in [6.45, 7) is 0.699. The Bertz CT molecular complexity index is 1200. The van der Waals surface area contributed by atoms with Crippen LogP contribution in [-0.4, -0.2) is 59.5 Å². The summed E-state index contributed by atoms with van der Waals surface area (Å²) in [6.07, 6.45) is 6.61. The molecule has 1 fully saturated rings. The van der Waals surface area contributed by atoms with Crippen LogP contribution in [0, 0.1) is 5.82 Å². The van der Waals surface area contributed by atoms with Crippen LogP contribution in [0.2, 0.25) is 0 Å². The number of nitrogens with zero attached hydrogens (tertiary/aromatic N) is 4. The summed E-state index contributed by atoms with van der Waals surface area (Å²) in [4.78, 5) is 13.7. The van der Waals surface area contributed by atoms with Crippen LogP contribution < -0.4 is 0 Å². The Kier molecular flexibility index (Phi) is 5.97. The van der Waals surface area contributed by atoms with E-state index in [4.69, 9.17) is 0 Å². The van der Waals surface area contributed by atoms with Crippen LogP contribution in [0.25, 0.3) is 11.8 Å². The molecule has 3 aromatic rings. The SMILES string of the molecule is O=C(/C=C/c1cnn(-c2ccccc2)c1)N1CCN(S(=O)(=O)c2ccccc2F)CC1. The normalized spacial score (nSPS) is 15.5. The quantitative estimate of drug-likeness (QED) is 0.572. The van der Waals surface area contributed by atoms with Gasteiger partial charge in [-0.05, 0) is 30.3 Å². The molecule has 0 N–H and O–H groups in total. The molecule has 0 atom stereocenters. The van der Waals surface area contributed by atoms with Gasteiger partial charge in [-0.2, -0.15) is 9.40 Å². The maximum Gasteiger partial charge on any atom is 0.246 e. The van der Waals surface area contributed by atoms with Crippen molar-refractivity contribution in [2.45, 2.75) is 4.90 Å². The third-order valence-corrected chi connectivity index (χ3v) is 6.98. The lowest BCUT2D eigenvalue weighted by molar-refractivity contribution is -0.127. The van der Waals surface area contributed by atoms with E-state index < -0.39 is 15.8 Å². The zero-order valence-corrected chi connectivity index (χ0v) is 17.5. The summed E-state index contributed by atoms with van der Waals surface area (Å²) in [7, 11) is -3.93. The number of aromatic nitrogens is 2. The van der Waals surface area contributed by atoms with E-state index >= 15 is 0 Å². The molecule has 160 valence electrons. The maximum atomic E-state index is 13.9.